The number of nitrogen functional groups attached to an aromatic ring is 1. The van der Waals surface area contributed by atoms with Crippen LogP contribution in [0.2, 0.25) is 0 Å². The maximum Gasteiger partial charge on any atom is 0.412 e. The Morgan fingerprint density at radius 2 is 1.04 bits per heavy atom. The number of carbonyl (C=O) groups is 1. The average molecular weight is 813 g/mol. The minimum Gasteiger partial charge on any atom is -0.465 e. The molecule has 0 aliphatic carbocycles. The van der Waals surface area contributed by atoms with Crippen molar-refractivity contribution in [3.05, 3.63) is 122 Å². The van der Waals surface area contributed by atoms with E-state index in [9.17, 15) is 26.7 Å². The number of nitrogens with one attached hydrogen (secondary N) is 4. The summed E-state index contributed by atoms with van der Waals surface area (Å²) >= 11 is 0. The smallest absolute Gasteiger partial charge is 0.412 e. The van der Waals surface area contributed by atoms with Crippen molar-refractivity contribution in [2.75, 3.05) is 31.9 Å². The molecule has 0 saturated carbocycles. The molecular weight excluding hydrogens is 773 g/mol. The molecular formula is C37H40N12O6S2. The van der Waals surface area contributed by atoms with Crippen LogP contribution in [-0.4, -0.2) is 53.5 Å². The molecule has 18 nitrogen and oxygen atoms in total. The first-order valence-electron chi connectivity index (χ1n) is 16.8. The zero-order chi connectivity index (χ0) is 41.4. The molecule has 0 saturated heterocycles. The van der Waals surface area contributed by atoms with Gasteiger partial charge >= 0.3 is 6.09 Å². The standard InChI is InChI=1S/C21H24N6O4S.C16H16N6O2S/c1-21(2,3)27(20(28)29)16-9-7-14(8-10-16)24-18-11-12-23-19(26-18)25-15-5-4-6-17(13-15)32(22,30)31;17-11-4-6-12(7-5-11)20-15-8-9-19-16(22-15)21-13-2-1-3-14(10-13)25(18,23)24/h4-13H,1-3H3,(H,28,29)(H2,22,30,31)(H2,23,24,25,26);1-10H,17H2,(H2,18,23,24)(H2,19,20,21,22). The summed E-state index contributed by atoms with van der Waals surface area (Å²) in [5.41, 5.74) is 8.80. The fraction of sp³-hybridized carbons (Fsp3) is 0.108. The third-order valence-electron chi connectivity index (χ3n) is 7.59. The van der Waals surface area contributed by atoms with Crippen LogP contribution in [0.1, 0.15) is 20.8 Å². The summed E-state index contributed by atoms with van der Waals surface area (Å²) in [6.45, 7) is 5.46. The monoisotopic (exact) mass is 812 g/mol. The van der Waals surface area contributed by atoms with Crippen LogP contribution in [0.3, 0.4) is 0 Å². The van der Waals surface area contributed by atoms with Crippen molar-refractivity contribution >= 4 is 83.8 Å². The van der Waals surface area contributed by atoms with Crippen LogP contribution >= 0.6 is 0 Å². The Bertz CT molecular complexity index is 2570. The molecule has 11 N–H and O–H groups in total. The Morgan fingerprint density at radius 1 is 0.614 bits per heavy atom. The largest absolute Gasteiger partial charge is 0.465 e. The number of carboxylic acid groups (broad SMARTS) is 1. The first kappa shape index (κ1) is 41.3. The number of nitrogens with two attached hydrogens (primary N) is 3. The van der Waals surface area contributed by atoms with Gasteiger partial charge in [0.05, 0.1) is 9.79 Å². The number of hydrogen-bond acceptors (Lipinski definition) is 14. The molecule has 0 atom stereocenters. The Labute approximate surface area is 329 Å². The van der Waals surface area contributed by atoms with E-state index in [0.717, 1.165) is 5.69 Å². The maximum absolute atomic E-state index is 11.6. The van der Waals surface area contributed by atoms with Crippen molar-refractivity contribution in [2.24, 2.45) is 10.3 Å². The predicted octanol–water partition coefficient (Wildman–Crippen LogP) is 6.09. The van der Waals surface area contributed by atoms with Crippen molar-refractivity contribution in [1.82, 2.24) is 19.9 Å². The lowest BCUT2D eigenvalue weighted by atomic mass is 10.1. The van der Waals surface area contributed by atoms with Crippen LogP contribution in [0.5, 0.6) is 0 Å². The zero-order valence-electron chi connectivity index (χ0n) is 30.8. The molecule has 6 aromatic rings. The highest BCUT2D eigenvalue weighted by atomic mass is 32.2. The van der Waals surface area contributed by atoms with Crippen molar-refractivity contribution in [3.8, 4) is 0 Å². The number of amides is 1. The second-order valence-electron chi connectivity index (χ2n) is 13.1. The van der Waals surface area contributed by atoms with Crippen LogP contribution in [0.4, 0.5) is 62.5 Å². The molecule has 0 aliphatic heterocycles. The summed E-state index contributed by atoms with van der Waals surface area (Å²) in [4.78, 5) is 29.9. The van der Waals surface area contributed by atoms with E-state index in [2.05, 4.69) is 41.2 Å². The second kappa shape index (κ2) is 17.3. The fourth-order valence-corrected chi connectivity index (χ4v) is 6.20. The van der Waals surface area contributed by atoms with Crippen molar-refractivity contribution < 1.29 is 26.7 Å². The van der Waals surface area contributed by atoms with Gasteiger partial charge in [-0.1, -0.05) is 12.1 Å². The average Bonchev–Trinajstić information content (AvgIpc) is 3.13. The van der Waals surface area contributed by atoms with E-state index in [0.29, 0.717) is 46.0 Å². The molecule has 0 aliphatic rings. The number of nitrogens with zero attached hydrogens (tertiary/aromatic N) is 5. The third-order valence-corrected chi connectivity index (χ3v) is 9.41. The lowest BCUT2D eigenvalue weighted by Gasteiger charge is -2.33. The molecule has 6 rings (SSSR count). The summed E-state index contributed by atoms with van der Waals surface area (Å²) in [5, 5.41) is 32.0. The Kier molecular flexibility index (Phi) is 12.5. The lowest BCUT2D eigenvalue weighted by Crippen LogP contribution is -2.45. The number of primary sulfonamides is 2. The number of anilines is 10. The first-order valence-corrected chi connectivity index (χ1v) is 19.9. The van der Waals surface area contributed by atoms with E-state index < -0.39 is 31.7 Å². The van der Waals surface area contributed by atoms with Crippen LogP contribution in [0.15, 0.2) is 131 Å². The van der Waals surface area contributed by atoms with Gasteiger partial charge in [0.25, 0.3) is 0 Å². The molecule has 57 heavy (non-hydrogen) atoms. The van der Waals surface area contributed by atoms with Crippen molar-refractivity contribution in [2.45, 2.75) is 36.1 Å². The van der Waals surface area contributed by atoms with E-state index in [1.54, 1.807) is 85.2 Å². The van der Waals surface area contributed by atoms with E-state index in [1.165, 1.54) is 29.2 Å². The number of hydrogen-bond donors (Lipinski definition) is 8. The highest BCUT2D eigenvalue weighted by molar-refractivity contribution is 7.89. The molecule has 1 amide bonds. The van der Waals surface area contributed by atoms with E-state index in [4.69, 9.17) is 16.0 Å². The molecule has 20 heteroatoms. The van der Waals surface area contributed by atoms with Gasteiger partial charge in [0, 0.05) is 52.1 Å². The van der Waals surface area contributed by atoms with Gasteiger partial charge in [-0.3, -0.25) is 4.90 Å². The quantitative estimate of drug-likeness (QED) is 0.0687. The minimum absolute atomic E-state index is 0.00801. The van der Waals surface area contributed by atoms with Gasteiger partial charge in [-0.25, -0.2) is 41.9 Å². The normalized spacial score (nSPS) is 11.4. The topological polar surface area (TPSA) is 287 Å². The van der Waals surface area contributed by atoms with Crippen molar-refractivity contribution in [1.29, 1.82) is 0 Å². The maximum atomic E-state index is 11.6. The SMILES string of the molecule is CC(C)(C)N(C(=O)O)c1ccc(Nc2ccnc(Nc3cccc(S(N)(=O)=O)c3)n2)cc1.Nc1ccc(Nc2ccnc(Nc3cccc(S(N)(=O)=O)c3)n2)cc1. The van der Waals surface area contributed by atoms with Gasteiger partial charge < -0.3 is 32.1 Å². The minimum atomic E-state index is -3.82. The molecule has 0 fully saturated rings. The molecule has 296 valence electrons. The Balaban J connectivity index is 0.000000224. The van der Waals surface area contributed by atoms with Gasteiger partial charge in [0.1, 0.15) is 11.6 Å². The molecule has 4 aromatic carbocycles. The number of aromatic nitrogens is 4. The highest BCUT2D eigenvalue weighted by Gasteiger charge is 2.27. The molecule has 0 bridgehead atoms. The van der Waals surface area contributed by atoms with Gasteiger partial charge in [-0.2, -0.15) is 9.97 Å². The van der Waals surface area contributed by atoms with Crippen LogP contribution in [-0.2, 0) is 20.0 Å². The lowest BCUT2D eigenvalue weighted by molar-refractivity contribution is 0.195. The highest BCUT2D eigenvalue weighted by Crippen LogP contribution is 2.27. The summed E-state index contributed by atoms with van der Waals surface area (Å²) in [5.74, 6) is 1.63. The molecule has 2 heterocycles. The number of sulfonamides is 2. The molecule has 0 radical (unpaired) electrons. The van der Waals surface area contributed by atoms with Crippen LogP contribution in [0.25, 0.3) is 0 Å². The second-order valence-corrected chi connectivity index (χ2v) is 16.3. The predicted molar refractivity (Wildman–Crippen MR) is 220 cm³/mol. The Morgan fingerprint density at radius 3 is 1.42 bits per heavy atom. The summed E-state index contributed by atoms with van der Waals surface area (Å²) < 4.78 is 45.9. The molecule has 0 spiro atoms. The number of rotatable bonds is 11. The molecule has 0 unspecified atom stereocenters. The third kappa shape index (κ3) is 12.1. The van der Waals surface area contributed by atoms with Gasteiger partial charge in [0.2, 0.25) is 31.9 Å². The Hall–Kier alpha value is -6.87. The van der Waals surface area contributed by atoms with Crippen molar-refractivity contribution in [3.63, 3.8) is 0 Å². The fourth-order valence-electron chi connectivity index (χ4n) is 5.08. The van der Waals surface area contributed by atoms with Gasteiger partial charge in [0.15, 0.2) is 0 Å². The van der Waals surface area contributed by atoms with E-state index in [1.807, 2.05) is 32.9 Å². The van der Waals surface area contributed by atoms with Gasteiger partial charge in [-0.05, 0) is 118 Å². The van der Waals surface area contributed by atoms with E-state index >= 15 is 0 Å². The van der Waals surface area contributed by atoms with E-state index in [-0.39, 0.29) is 15.7 Å². The summed E-state index contributed by atoms with van der Waals surface area (Å²) in [7, 11) is -7.60. The first-order chi connectivity index (χ1) is 26.8. The molecule has 2 aromatic heterocycles. The van der Waals surface area contributed by atoms with Crippen LogP contribution < -0.4 is 42.2 Å². The van der Waals surface area contributed by atoms with Gasteiger partial charge in [-0.15, -0.1) is 0 Å². The van der Waals surface area contributed by atoms with Crippen LogP contribution in [0, 0.1) is 0 Å². The summed E-state index contributed by atoms with van der Waals surface area (Å²) in [6.07, 6.45) is 2.09. The zero-order valence-corrected chi connectivity index (χ0v) is 32.5. The summed E-state index contributed by atoms with van der Waals surface area (Å²) in [6, 6.07) is 29.6. The number of benzene rings is 4.